The third-order valence-electron chi connectivity index (χ3n) is 3.32. The zero-order valence-corrected chi connectivity index (χ0v) is 10.4. The molecule has 0 aromatic carbocycles. The summed E-state index contributed by atoms with van der Waals surface area (Å²) in [5, 5.41) is 3.28. The van der Waals surface area contributed by atoms with E-state index in [1.54, 1.807) is 6.33 Å². The number of thioether (sulfide) groups is 1. The molecule has 2 aliphatic rings. The fourth-order valence-electron chi connectivity index (χ4n) is 2.39. The van der Waals surface area contributed by atoms with Gasteiger partial charge in [0.15, 0.2) is 0 Å². The van der Waals surface area contributed by atoms with Gasteiger partial charge in [0.05, 0.1) is 12.0 Å². The average molecular weight is 252 g/mol. The van der Waals surface area contributed by atoms with Gasteiger partial charge in [-0.05, 0) is 0 Å². The topological polar surface area (TPSA) is 61.0 Å². The largest absolute Gasteiger partial charge is 0.348 e. The van der Waals surface area contributed by atoms with Crippen molar-refractivity contribution in [2.75, 3.05) is 31.1 Å². The van der Waals surface area contributed by atoms with Gasteiger partial charge in [0.1, 0.15) is 6.04 Å². The summed E-state index contributed by atoms with van der Waals surface area (Å²) in [5.74, 6) is 2.27. The van der Waals surface area contributed by atoms with Gasteiger partial charge in [-0.25, -0.2) is 4.98 Å². The van der Waals surface area contributed by atoms with Crippen LogP contribution >= 0.6 is 11.8 Å². The molecule has 3 heterocycles. The van der Waals surface area contributed by atoms with Crippen LogP contribution in [-0.2, 0) is 11.2 Å². The Morgan fingerprint density at radius 2 is 2.29 bits per heavy atom. The Kier molecular flexibility index (Phi) is 3.07. The van der Waals surface area contributed by atoms with Crippen molar-refractivity contribution in [3.8, 4) is 0 Å². The maximum absolute atomic E-state index is 12.4. The lowest BCUT2D eigenvalue weighted by Crippen LogP contribution is -2.46. The SMILES string of the molecule is O=C([C@H]1NCCc2[nH]cnc21)N1CCSCC1. The van der Waals surface area contributed by atoms with E-state index in [2.05, 4.69) is 15.3 Å². The lowest BCUT2D eigenvalue weighted by molar-refractivity contribution is -0.133. The first-order valence-corrected chi connectivity index (χ1v) is 7.14. The van der Waals surface area contributed by atoms with Crippen molar-refractivity contribution in [3.63, 3.8) is 0 Å². The highest BCUT2D eigenvalue weighted by Crippen LogP contribution is 2.22. The average Bonchev–Trinajstić information content (AvgIpc) is 2.87. The van der Waals surface area contributed by atoms with Crippen LogP contribution < -0.4 is 5.32 Å². The van der Waals surface area contributed by atoms with Crippen LogP contribution in [0.5, 0.6) is 0 Å². The summed E-state index contributed by atoms with van der Waals surface area (Å²) in [4.78, 5) is 21.8. The molecular weight excluding hydrogens is 236 g/mol. The first-order chi connectivity index (χ1) is 8.36. The molecule has 0 bridgehead atoms. The van der Waals surface area contributed by atoms with Crippen LogP contribution in [0, 0.1) is 0 Å². The van der Waals surface area contributed by atoms with Crippen molar-refractivity contribution in [1.29, 1.82) is 0 Å². The molecule has 3 rings (SSSR count). The molecule has 1 fully saturated rings. The molecule has 0 unspecified atom stereocenters. The molecular formula is C11H16N4OS. The molecule has 1 amide bonds. The number of imidazole rings is 1. The Balaban J connectivity index is 1.79. The Morgan fingerprint density at radius 1 is 1.47 bits per heavy atom. The normalized spacial score (nSPS) is 24.5. The van der Waals surface area contributed by atoms with Crippen molar-refractivity contribution in [1.82, 2.24) is 20.2 Å². The van der Waals surface area contributed by atoms with Gasteiger partial charge in [-0.2, -0.15) is 11.8 Å². The lowest BCUT2D eigenvalue weighted by Gasteiger charge is -2.31. The minimum atomic E-state index is -0.243. The number of nitrogens with zero attached hydrogens (tertiary/aromatic N) is 2. The van der Waals surface area contributed by atoms with Crippen molar-refractivity contribution >= 4 is 17.7 Å². The second-order valence-electron chi connectivity index (χ2n) is 4.34. The Labute approximate surface area is 104 Å². The summed E-state index contributed by atoms with van der Waals surface area (Å²) in [6.07, 6.45) is 2.61. The molecule has 6 heteroatoms. The number of amides is 1. The number of hydrogen-bond acceptors (Lipinski definition) is 4. The van der Waals surface area contributed by atoms with Gasteiger partial charge < -0.3 is 15.2 Å². The van der Waals surface area contributed by atoms with Crippen molar-refractivity contribution < 1.29 is 4.79 Å². The molecule has 5 nitrogen and oxygen atoms in total. The molecule has 2 aliphatic heterocycles. The number of hydrogen-bond donors (Lipinski definition) is 2. The number of rotatable bonds is 1. The summed E-state index contributed by atoms with van der Waals surface area (Å²) in [5.41, 5.74) is 1.99. The van der Waals surface area contributed by atoms with Gasteiger partial charge in [-0.3, -0.25) is 4.79 Å². The molecule has 17 heavy (non-hydrogen) atoms. The van der Waals surface area contributed by atoms with Crippen LogP contribution in [0.15, 0.2) is 6.33 Å². The van der Waals surface area contributed by atoms with E-state index in [4.69, 9.17) is 0 Å². The van der Waals surface area contributed by atoms with E-state index in [1.165, 1.54) is 0 Å². The lowest BCUT2D eigenvalue weighted by atomic mass is 10.0. The number of carbonyl (C=O) groups is 1. The number of aromatic amines is 1. The Hall–Kier alpha value is -1.01. The number of aromatic nitrogens is 2. The maximum atomic E-state index is 12.4. The quantitative estimate of drug-likeness (QED) is 0.748. The molecule has 1 aromatic heterocycles. The zero-order valence-electron chi connectivity index (χ0n) is 9.61. The summed E-state index contributed by atoms with van der Waals surface area (Å²) in [6.45, 7) is 2.57. The summed E-state index contributed by atoms with van der Waals surface area (Å²) < 4.78 is 0. The van der Waals surface area contributed by atoms with Crippen molar-refractivity contribution in [2.45, 2.75) is 12.5 Å². The van der Waals surface area contributed by atoms with Crippen LogP contribution in [0.3, 0.4) is 0 Å². The highest BCUT2D eigenvalue weighted by atomic mass is 32.2. The number of nitrogens with one attached hydrogen (secondary N) is 2. The molecule has 1 atom stereocenters. The van der Waals surface area contributed by atoms with Crippen LogP contribution in [0.2, 0.25) is 0 Å². The summed E-state index contributed by atoms with van der Waals surface area (Å²) >= 11 is 1.91. The van der Waals surface area contributed by atoms with Gasteiger partial charge in [-0.15, -0.1) is 0 Å². The van der Waals surface area contributed by atoms with Crippen molar-refractivity contribution in [2.24, 2.45) is 0 Å². The molecule has 1 saturated heterocycles. The number of fused-ring (bicyclic) bond motifs is 1. The van der Waals surface area contributed by atoms with Crippen LogP contribution in [0.4, 0.5) is 0 Å². The maximum Gasteiger partial charge on any atom is 0.246 e. The first kappa shape index (κ1) is 11.1. The fourth-order valence-corrected chi connectivity index (χ4v) is 3.29. The van der Waals surface area contributed by atoms with E-state index in [9.17, 15) is 4.79 Å². The molecule has 1 aromatic rings. The molecule has 0 spiro atoms. The van der Waals surface area contributed by atoms with Gasteiger partial charge in [-0.1, -0.05) is 0 Å². The minimum absolute atomic E-state index is 0.179. The highest BCUT2D eigenvalue weighted by Gasteiger charge is 2.32. The second-order valence-corrected chi connectivity index (χ2v) is 5.57. The smallest absolute Gasteiger partial charge is 0.246 e. The highest BCUT2D eigenvalue weighted by molar-refractivity contribution is 7.99. The van der Waals surface area contributed by atoms with Gasteiger partial charge >= 0.3 is 0 Å². The van der Waals surface area contributed by atoms with E-state index < -0.39 is 0 Å². The number of H-pyrrole nitrogens is 1. The third kappa shape index (κ3) is 2.07. The van der Waals surface area contributed by atoms with E-state index in [0.717, 1.165) is 48.9 Å². The van der Waals surface area contributed by atoms with Gasteiger partial charge in [0, 0.05) is 43.3 Å². The Bertz CT molecular complexity index is 413. The summed E-state index contributed by atoms with van der Waals surface area (Å²) in [6, 6.07) is -0.243. The van der Waals surface area contributed by atoms with Crippen LogP contribution in [0.25, 0.3) is 0 Å². The monoisotopic (exact) mass is 252 g/mol. The number of carbonyl (C=O) groups excluding carboxylic acids is 1. The van der Waals surface area contributed by atoms with E-state index in [1.807, 2.05) is 16.7 Å². The van der Waals surface area contributed by atoms with E-state index in [-0.39, 0.29) is 11.9 Å². The van der Waals surface area contributed by atoms with E-state index in [0.29, 0.717) is 0 Å². The first-order valence-electron chi connectivity index (χ1n) is 5.98. The predicted molar refractivity (Wildman–Crippen MR) is 66.9 cm³/mol. The van der Waals surface area contributed by atoms with Crippen LogP contribution in [-0.4, -0.2) is 51.9 Å². The minimum Gasteiger partial charge on any atom is -0.348 e. The van der Waals surface area contributed by atoms with Gasteiger partial charge in [0.25, 0.3) is 0 Å². The second kappa shape index (κ2) is 4.70. The zero-order chi connectivity index (χ0) is 11.7. The van der Waals surface area contributed by atoms with Crippen molar-refractivity contribution in [3.05, 3.63) is 17.7 Å². The molecule has 0 saturated carbocycles. The fraction of sp³-hybridized carbons (Fsp3) is 0.636. The predicted octanol–water partition coefficient (Wildman–Crippen LogP) is 0.172. The van der Waals surface area contributed by atoms with E-state index >= 15 is 0 Å². The third-order valence-corrected chi connectivity index (χ3v) is 4.26. The summed E-state index contributed by atoms with van der Waals surface area (Å²) in [7, 11) is 0. The molecule has 0 aliphatic carbocycles. The molecule has 0 radical (unpaired) electrons. The molecule has 92 valence electrons. The Morgan fingerprint density at radius 3 is 3.12 bits per heavy atom. The molecule has 2 N–H and O–H groups in total. The van der Waals surface area contributed by atoms with Gasteiger partial charge in [0.2, 0.25) is 5.91 Å². The standard InChI is InChI=1S/C11H16N4OS/c16-11(15-3-5-17-6-4-15)10-9-8(1-2-12-10)13-7-14-9/h7,10,12H,1-6H2,(H,13,14)/t10-/m0/s1. The van der Waals surface area contributed by atoms with Crippen LogP contribution in [0.1, 0.15) is 17.4 Å².